The van der Waals surface area contributed by atoms with E-state index in [9.17, 15) is 5.11 Å². The molecule has 2 N–H and O–H groups in total. The third kappa shape index (κ3) is 4.63. The predicted octanol–water partition coefficient (Wildman–Crippen LogP) is 4.47. The Kier molecular flexibility index (Phi) is 6.53. The van der Waals surface area contributed by atoms with Crippen molar-refractivity contribution in [2.24, 2.45) is 5.41 Å². The molecule has 0 radical (unpaired) electrons. The van der Waals surface area contributed by atoms with Gasteiger partial charge in [-0.3, -0.25) is 4.90 Å². The number of nitrogens with zero attached hydrogens (tertiary/aromatic N) is 4. The number of morpholine rings is 1. The average molecular weight is 622 g/mol. The highest BCUT2D eigenvalue weighted by atomic mass is 19.1. The number of hydrogen-bond acceptors (Lipinski definition) is 9. The minimum Gasteiger partial charge on any atom is -0.508 e. The van der Waals surface area contributed by atoms with Crippen LogP contribution in [0.5, 0.6) is 17.5 Å². The maximum atomic E-state index is 17.1. The smallest absolute Gasteiger partial charge is 0.319 e. The van der Waals surface area contributed by atoms with Crippen molar-refractivity contribution in [1.82, 2.24) is 20.2 Å². The zero-order chi connectivity index (χ0) is 31.0. The maximum Gasteiger partial charge on any atom is 0.319 e. The van der Waals surface area contributed by atoms with E-state index in [4.69, 9.17) is 30.6 Å². The molecule has 10 heteroatoms. The molecule has 1 aliphatic carbocycles. The SMILES string of the molecule is C#Cc1cccc2cc(O)cc(-c3cc4c5c(nc(OCC6(CN7CCOCC7)CC6)nc5c3F)N3C[C@H]5CC[C@H](N5)[C@@H]3CO4)c12. The first-order valence-electron chi connectivity index (χ1n) is 16.3. The number of piperazine rings is 1. The lowest BCUT2D eigenvalue weighted by Gasteiger charge is -2.40. The first-order valence-corrected chi connectivity index (χ1v) is 16.3. The quantitative estimate of drug-likeness (QED) is 0.303. The summed E-state index contributed by atoms with van der Waals surface area (Å²) in [6.07, 6.45) is 10.2. The molecule has 46 heavy (non-hydrogen) atoms. The Morgan fingerprint density at radius 2 is 1.98 bits per heavy atom. The molecule has 9 nitrogen and oxygen atoms in total. The molecule has 4 fully saturated rings. The van der Waals surface area contributed by atoms with E-state index in [-0.39, 0.29) is 40.3 Å². The summed E-state index contributed by atoms with van der Waals surface area (Å²) in [6.45, 7) is 5.95. The normalized spacial score (nSPS) is 24.7. The third-order valence-corrected chi connectivity index (χ3v) is 10.6. The Hall–Kier alpha value is -4.17. The fraction of sp³-hybridized carbons (Fsp3) is 0.444. The number of benzene rings is 3. The predicted molar refractivity (Wildman–Crippen MR) is 173 cm³/mol. The molecule has 0 unspecified atom stereocenters. The Labute approximate surface area is 266 Å². The van der Waals surface area contributed by atoms with Gasteiger partial charge in [0.25, 0.3) is 0 Å². The van der Waals surface area contributed by atoms with Gasteiger partial charge in [-0.2, -0.15) is 9.97 Å². The third-order valence-electron chi connectivity index (χ3n) is 10.6. The number of aromatic nitrogens is 2. The van der Waals surface area contributed by atoms with Crippen LogP contribution in [0.15, 0.2) is 36.4 Å². The Bertz CT molecular complexity index is 1920. The molecule has 3 saturated heterocycles. The van der Waals surface area contributed by atoms with Crippen LogP contribution in [0, 0.1) is 23.6 Å². The van der Waals surface area contributed by atoms with Gasteiger partial charge in [-0.25, -0.2) is 4.39 Å². The highest BCUT2D eigenvalue weighted by Crippen LogP contribution is 2.48. The number of halogens is 1. The van der Waals surface area contributed by atoms with Crippen molar-refractivity contribution in [2.75, 3.05) is 57.5 Å². The van der Waals surface area contributed by atoms with Crippen molar-refractivity contribution >= 4 is 27.5 Å². The van der Waals surface area contributed by atoms with Gasteiger partial charge in [0.05, 0.1) is 31.2 Å². The van der Waals surface area contributed by atoms with Crippen LogP contribution in [0.2, 0.25) is 0 Å². The van der Waals surface area contributed by atoms with E-state index in [0.29, 0.717) is 52.7 Å². The molecule has 1 aromatic heterocycles. The molecule has 1 saturated carbocycles. The number of aromatic hydroxyl groups is 1. The molecular formula is C36H36FN5O4. The molecule has 3 aromatic carbocycles. The molecule has 3 atom stereocenters. The fourth-order valence-electron chi connectivity index (χ4n) is 8.02. The first kappa shape index (κ1) is 28.1. The van der Waals surface area contributed by atoms with Gasteiger partial charge in [-0.05, 0) is 60.9 Å². The number of fused-ring (bicyclic) bond motifs is 6. The van der Waals surface area contributed by atoms with Crippen LogP contribution in [0.25, 0.3) is 32.8 Å². The van der Waals surface area contributed by atoms with Crippen LogP contribution in [0.3, 0.4) is 0 Å². The van der Waals surface area contributed by atoms with E-state index < -0.39 is 5.82 Å². The first-order chi connectivity index (χ1) is 22.5. The number of anilines is 1. The largest absolute Gasteiger partial charge is 0.508 e. The van der Waals surface area contributed by atoms with E-state index in [1.165, 1.54) is 0 Å². The van der Waals surface area contributed by atoms with Gasteiger partial charge < -0.3 is 29.5 Å². The molecule has 4 aromatic rings. The fourth-order valence-corrected chi connectivity index (χ4v) is 8.02. The number of terminal acetylenes is 1. The zero-order valence-corrected chi connectivity index (χ0v) is 25.6. The number of ether oxygens (including phenoxy) is 3. The molecule has 9 rings (SSSR count). The second-order valence-electron chi connectivity index (χ2n) is 13.6. The summed E-state index contributed by atoms with van der Waals surface area (Å²) in [5.74, 6) is 3.39. The summed E-state index contributed by atoms with van der Waals surface area (Å²) in [5, 5.41) is 16.4. The minimum atomic E-state index is -0.527. The summed E-state index contributed by atoms with van der Waals surface area (Å²) < 4.78 is 35.6. The van der Waals surface area contributed by atoms with Gasteiger partial charge in [-0.1, -0.05) is 18.1 Å². The van der Waals surface area contributed by atoms with Gasteiger partial charge in [0.2, 0.25) is 0 Å². The van der Waals surface area contributed by atoms with Gasteiger partial charge in [-0.15, -0.1) is 6.42 Å². The van der Waals surface area contributed by atoms with Gasteiger partial charge in [0, 0.05) is 60.2 Å². The Balaban J connectivity index is 1.19. The van der Waals surface area contributed by atoms with Crippen LogP contribution in [-0.2, 0) is 4.74 Å². The van der Waals surface area contributed by atoms with Crippen LogP contribution < -0.4 is 19.7 Å². The van der Waals surface area contributed by atoms with Crippen LogP contribution in [0.4, 0.5) is 10.2 Å². The maximum absolute atomic E-state index is 17.1. The second kappa shape index (κ2) is 10.7. The van der Waals surface area contributed by atoms with Gasteiger partial charge in [0.15, 0.2) is 5.82 Å². The second-order valence-corrected chi connectivity index (χ2v) is 13.6. The summed E-state index contributed by atoms with van der Waals surface area (Å²) in [6, 6.07) is 11.2. The lowest BCUT2D eigenvalue weighted by molar-refractivity contribution is 0.0231. The van der Waals surface area contributed by atoms with Crippen molar-refractivity contribution in [2.45, 2.75) is 43.8 Å². The van der Waals surface area contributed by atoms with Crippen molar-refractivity contribution in [3.63, 3.8) is 0 Å². The van der Waals surface area contributed by atoms with E-state index in [1.54, 1.807) is 18.2 Å². The molecule has 5 aliphatic rings. The molecule has 0 spiro atoms. The lowest BCUT2D eigenvalue weighted by Crippen LogP contribution is -2.60. The number of hydrogen-bond donors (Lipinski definition) is 2. The Morgan fingerprint density at radius 3 is 2.80 bits per heavy atom. The van der Waals surface area contributed by atoms with Crippen molar-refractivity contribution in [3.05, 3.63) is 47.8 Å². The van der Waals surface area contributed by atoms with Crippen LogP contribution >= 0.6 is 0 Å². The van der Waals surface area contributed by atoms with E-state index in [2.05, 4.69) is 21.0 Å². The van der Waals surface area contributed by atoms with E-state index in [1.807, 2.05) is 18.2 Å². The van der Waals surface area contributed by atoms with Crippen molar-refractivity contribution in [1.29, 1.82) is 0 Å². The molecule has 236 valence electrons. The van der Waals surface area contributed by atoms with Crippen molar-refractivity contribution in [3.8, 4) is 41.0 Å². The monoisotopic (exact) mass is 621 g/mol. The minimum absolute atomic E-state index is 0.0181. The summed E-state index contributed by atoms with van der Waals surface area (Å²) in [5.41, 5.74) is 1.54. The number of nitrogens with one attached hydrogen (secondary N) is 1. The average Bonchev–Trinajstić information content (AvgIpc) is 3.76. The highest BCUT2D eigenvalue weighted by Gasteiger charge is 2.46. The van der Waals surface area contributed by atoms with Gasteiger partial charge >= 0.3 is 6.01 Å². The summed E-state index contributed by atoms with van der Waals surface area (Å²) >= 11 is 0. The molecule has 5 heterocycles. The van der Waals surface area contributed by atoms with E-state index >= 15 is 4.39 Å². The summed E-state index contributed by atoms with van der Waals surface area (Å²) in [4.78, 5) is 14.5. The van der Waals surface area contributed by atoms with E-state index in [0.717, 1.165) is 70.5 Å². The number of phenols is 1. The molecular weight excluding hydrogens is 585 g/mol. The molecule has 2 bridgehead atoms. The number of rotatable bonds is 6. The molecule has 0 amide bonds. The van der Waals surface area contributed by atoms with Crippen LogP contribution in [-0.4, -0.2) is 90.7 Å². The number of phenolic OH excluding ortho intramolecular Hbond substituents is 1. The summed E-state index contributed by atoms with van der Waals surface area (Å²) in [7, 11) is 0. The van der Waals surface area contributed by atoms with Gasteiger partial charge in [0.1, 0.15) is 29.4 Å². The Morgan fingerprint density at radius 1 is 1.11 bits per heavy atom. The van der Waals surface area contributed by atoms with Crippen molar-refractivity contribution < 1.29 is 23.7 Å². The van der Waals surface area contributed by atoms with Crippen LogP contribution in [0.1, 0.15) is 31.2 Å². The topological polar surface area (TPSA) is 92.2 Å². The lowest BCUT2D eigenvalue weighted by atomic mass is 9.93. The zero-order valence-electron chi connectivity index (χ0n) is 25.6. The standard InChI is InChI=1S/C36H36FN5O4/c1-2-21-4-3-5-22-14-24(43)15-25(30(21)22)26-16-29-31-33(32(26)37)39-35(46-20-36(8-9-36)19-41-10-12-44-13-11-41)40-34(31)42-17-23-6-7-27(38-23)28(42)18-45-29/h1,3-5,14-16,23,27-28,38,43H,6-13,17-20H2/t23-,27+,28+/m1/s1. The highest BCUT2D eigenvalue weighted by molar-refractivity contribution is 6.05. The molecule has 4 aliphatic heterocycles.